The topological polar surface area (TPSA) is 18.5 Å². The Kier molecular flexibility index (Phi) is 2.46. The van der Waals surface area contributed by atoms with Gasteiger partial charge in [-0.2, -0.15) is 0 Å². The van der Waals surface area contributed by atoms with Crippen molar-refractivity contribution < 1.29 is 9.47 Å². The van der Waals surface area contributed by atoms with Crippen molar-refractivity contribution in [2.45, 2.75) is 19.6 Å². The summed E-state index contributed by atoms with van der Waals surface area (Å²) in [6.45, 7) is 3.85. The van der Waals surface area contributed by atoms with Crippen LogP contribution in [-0.4, -0.2) is 24.0 Å². The van der Waals surface area contributed by atoms with Crippen LogP contribution >= 0.6 is 12.9 Å². The van der Waals surface area contributed by atoms with Crippen molar-refractivity contribution in [3.05, 3.63) is 18.2 Å². The van der Waals surface area contributed by atoms with Gasteiger partial charge < -0.3 is 9.47 Å². The molecule has 0 N–H and O–H groups in total. The maximum Gasteiger partial charge on any atom is 0.513 e. The van der Waals surface area contributed by atoms with Gasteiger partial charge in [-0.05, 0) is 6.07 Å². The minimum Gasteiger partial charge on any atom is -0.451 e. The Morgan fingerprint density at radius 3 is 2.77 bits per heavy atom. The van der Waals surface area contributed by atoms with Gasteiger partial charge in [0.15, 0.2) is 5.75 Å². The Hall–Kier alpha value is 0.0662. The van der Waals surface area contributed by atoms with E-state index in [4.69, 9.17) is 9.47 Å². The zero-order valence-corrected chi connectivity index (χ0v) is 10.6. The quantitative estimate of drug-likeness (QED) is 0.711. The van der Waals surface area contributed by atoms with E-state index in [1.807, 2.05) is 26.0 Å². The zero-order valence-electron chi connectivity index (χ0n) is 7.63. The van der Waals surface area contributed by atoms with Gasteiger partial charge in [0, 0.05) is 13.8 Å². The van der Waals surface area contributed by atoms with E-state index in [0.29, 0.717) is 0 Å². The summed E-state index contributed by atoms with van der Waals surface area (Å²) in [6, 6.07) is 6.04. The minimum absolute atomic E-state index is 0.371. The molecule has 0 unspecified atom stereocenters. The first kappa shape index (κ1) is 9.61. The van der Waals surface area contributed by atoms with E-state index in [1.54, 1.807) is 0 Å². The molecule has 1 aromatic rings. The summed E-state index contributed by atoms with van der Waals surface area (Å²) in [6.07, 6.45) is 0. The van der Waals surface area contributed by atoms with E-state index >= 15 is 0 Å². The molecule has 2 nitrogen and oxygen atoms in total. The maximum atomic E-state index is 5.70. The fraction of sp³-hybridized carbons (Fsp3) is 0.333. The van der Waals surface area contributed by atoms with Gasteiger partial charge in [-0.15, -0.1) is 3.69 Å². The van der Waals surface area contributed by atoms with Crippen LogP contribution in [0.5, 0.6) is 11.5 Å². The van der Waals surface area contributed by atoms with Gasteiger partial charge in [-0.25, -0.2) is 0 Å². The lowest BCUT2D eigenvalue weighted by molar-refractivity contribution is -0.0427. The molecule has 0 bridgehead atoms. The van der Waals surface area contributed by atoms with Crippen LogP contribution in [-0.2, 0) is 0 Å². The highest BCUT2D eigenvalue weighted by atomic mass is 79.9. The van der Waals surface area contributed by atoms with Crippen LogP contribution in [0.2, 0.25) is 0 Å². The molecule has 0 spiro atoms. The monoisotopic (exact) mass is 252 g/mol. The molecule has 0 saturated heterocycles. The largest absolute Gasteiger partial charge is 0.513 e. The van der Waals surface area contributed by atoms with Crippen molar-refractivity contribution in [3.63, 3.8) is 0 Å². The van der Waals surface area contributed by atoms with Crippen molar-refractivity contribution in [2.24, 2.45) is 0 Å². The van der Waals surface area contributed by atoms with Gasteiger partial charge in [0.05, 0.1) is 0 Å². The van der Waals surface area contributed by atoms with Gasteiger partial charge in [0.1, 0.15) is 5.75 Å². The summed E-state index contributed by atoms with van der Waals surface area (Å²) >= 11 is 3.18. The second-order valence-corrected chi connectivity index (χ2v) is 6.19. The Morgan fingerprint density at radius 2 is 2.08 bits per heavy atom. The van der Waals surface area contributed by atoms with E-state index < -0.39 is 5.79 Å². The number of rotatable bonds is 1. The van der Waals surface area contributed by atoms with Crippen LogP contribution in [0.1, 0.15) is 13.8 Å². The molecule has 2 rings (SSSR count). The summed E-state index contributed by atoms with van der Waals surface area (Å²) in [5.74, 6) is 1.29. The van der Waals surface area contributed by atoms with Crippen LogP contribution in [0.15, 0.2) is 18.2 Å². The molecule has 0 fully saturated rings. The molecule has 0 amide bonds. The predicted octanol–water partition coefficient (Wildman–Crippen LogP) is 1.83. The van der Waals surface area contributed by atoms with Crippen molar-refractivity contribution >= 4 is 34.8 Å². The summed E-state index contributed by atoms with van der Waals surface area (Å²) in [7, 11) is 0. The molecule has 66 valence electrons. The Bertz CT molecular complexity index is 338. The predicted molar refractivity (Wildman–Crippen MR) is 56.1 cm³/mol. The summed E-state index contributed by atoms with van der Waals surface area (Å²) < 4.78 is 12.6. The van der Waals surface area contributed by atoms with Gasteiger partial charge >= 0.3 is 18.2 Å². The Morgan fingerprint density at radius 1 is 1.31 bits per heavy atom. The summed E-state index contributed by atoms with van der Waals surface area (Å²) in [5, 5.41) is 0. The van der Waals surface area contributed by atoms with Crippen LogP contribution in [0, 0.1) is 0 Å². The molecule has 13 heavy (non-hydrogen) atoms. The first-order chi connectivity index (χ1) is 6.12. The van der Waals surface area contributed by atoms with Gasteiger partial charge in [-0.3, -0.25) is 12.9 Å². The molecule has 0 saturated carbocycles. The molecule has 1 aliphatic heterocycles. The molecule has 1 aromatic carbocycles. The molecule has 1 heterocycles. The van der Waals surface area contributed by atoms with Gasteiger partial charge in [0.25, 0.3) is 0 Å². The highest BCUT2D eigenvalue weighted by molar-refractivity contribution is 9.23. The lowest BCUT2D eigenvalue weighted by Crippen LogP contribution is -2.30. The lowest BCUT2D eigenvalue weighted by Gasteiger charge is -2.16. The molecule has 0 aromatic heterocycles. The molecule has 0 radical (unpaired) electrons. The average Bonchev–Trinajstić information content (AvgIpc) is 2.37. The first-order valence-electron chi connectivity index (χ1n) is 4.18. The van der Waals surface area contributed by atoms with Crippen molar-refractivity contribution in [3.8, 4) is 11.5 Å². The van der Waals surface area contributed by atoms with Crippen LogP contribution in [0.3, 0.4) is 0 Å². The Balaban J connectivity index is 2.45. The maximum absolute atomic E-state index is 5.70. The number of para-hydroxylation sites is 1. The zero-order chi connectivity index (χ0) is 9.47. The molecule has 1 aliphatic rings. The SMILES string of the molecule is CC1(C)Oc2ccc[c]([Mg][Br])c2O1. The second kappa shape index (κ2) is 3.33. The molecule has 0 aliphatic carbocycles. The minimum atomic E-state index is -0.505. The standard InChI is InChI=1S/C9H9O2.BrH.Mg/c1-9(2)10-7-5-3-4-6-8(7)11-9;;/h3-5H,1-2H3;1H;/q;;+1/p-1. The summed E-state index contributed by atoms with van der Waals surface area (Å²) in [4.78, 5) is 0. The van der Waals surface area contributed by atoms with Gasteiger partial charge in [0.2, 0.25) is 5.79 Å². The molecule has 0 atom stereocenters. The summed E-state index contributed by atoms with van der Waals surface area (Å²) in [5.41, 5.74) is 0. The number of fused-ring (bicyclic) bond motifs is 1. The number of halogens is 1. The third-order valence-corrected chi connectivity index (χ3v) is 4.57. The second-order valence-electron chi connectivity index (χ2n) is 3.48. The average molecular weight is 253 g/mol. The van der Waals surface area contributed by atoms with Crippen LogP contribution < -0.4 is 13.2 Å². The van der Waals surface area contributed by atoms with E-state index in [2.05, 4.69) is 19.0 Å². The number of benzene rings is 1. The van der Waals surface area contributed by atoms with E-state index in [1.165, 1.54) is 3.69 Å². The van der Waals surface area contributed by atoms with E-state index in [0.717, 1.165) is 11.5 Å². The fourth-order valence-electron chi connectivity index (χ4n) is 1.39. The van der Waals surface area contributed by atoms with Crippen molar-refractivity contribution in [1.82, 2.24) is 0 Å². The number of ether oxygens (including phenoxy) is 2. The highest BCUT2D eigenvalue weighted by Gasteiger charge is 2.32. The number of hydrogen-bond acceptors (Lipinski definition) is 2. The van der Waals surface area contributed by atoms with Crippen molar-refractivity contribution in [1.29, 1.82) is 0 Å². The number of hydrogen-bond donors (Lipinski definition) is 0. The van der Waals surface area contributed by atoms with Crippen LogP contribution in [0.25, 0.3) is 0 Å². The van der Waals surface area contributed by atoms with E-state index in [9.17, 15) is 0 Å². The van der Waals surface area contributed by atoms with Gasteiger partial charge in [-0.1, -0.05) is 12.1 Å². The smallest absolute Gasteiger partial charge is 0.451 e. The molecular formula is C9H9BrMgO2. The van der Waals surface area contributed by atoms with Crippen molar-refractivity contribution in [2.75, 3.05) is 0 Å². The normalized spacial score (nSPS) is 16.8. The third kappa shape index (κ3) is 1.80. The fourth-order valence-corrected chi connectivity index (χ4v) is 3.31. The lowest BCUT2D eigenvalue weighted by atomic mass is 10.3. The first-order valence-corrected chi connectivity index (χ1v) is 8.79. The third-order valence-electron chi connectivity index (χ3n) is 1.91. The molecule has 4 heteroatoms. The molecular weight excluding hydrogens is 244 g/mol. The highest BCUT2D eigenvalue weighted by Crippen LogP contribution is 2.37. The van der Waals surface area contributed by atoms with Crippen LogP contribution in [0.4, 0.5) is 0 Å². The Labute approximate surface area is 93.2 Å². The van der Waals surface area contributed by atoms with E-state index in [-0.39, 0.29) is 18.2 Å².